The minimum Gasteiger partial charge on any atom is -0.431 e. The van der Waals surface area contributed by atoms with Crippen LogP contribution in [0.3, 0.4) is 0 Å². The molecular weight excluding hydrogens is 544 g/mol. The van der Waals surface area contributed by atoms with Crippen molar-refractivity contribution in [2.24, 2.45) is 17.3 Å². The summed E-state index contributed by atoms with van der Waals surface area (Å²) in [6.07, 6.45) is 4.12. The van der Waals surface area contributed by atoms with Gasteiger partial charge in [-0.25, -0.2) is 9.59 Å². The molecule has 1 aliphatic heterocycles. The van der Waals surface area contributed by atoms with Gasteiger partial charge in [-0.3, -0.25) is 14.5 Å². The van der Waals surface area contributed by atoms with E-state index in [1.165, 1.54) is 0 Å². The summed E-state index contributed by atoms with van der Waals surface area (Å²) in [4.78, 5) is 57.0. The summed E-state index contributed by atoms with van der Waals surface area (Å²) in [5, 5.41) is 0. The molecule has 1 saturated heterocycles. The number of likely N-dealkylation sites (N-methyl/N-ethyl adjacent to an activating group) is 1. The van der Waals surface area contributed by atoms with Crippen LogP contribution in [0.15, 0.2) is 6.07 Å². The molecule has 0 radical (unpaired) electrons. The number of amides is 2. The van der Waals surface area contributed by atoms with E-state index in [-0.39, 0.29) is 34.1 Å². The summed E-state index contributed by atoms with van der Waals surface area (Å²) in [7, 11) is 1.75. The highest BCUT2D eigenvalue weighted by Crippen LogP contribution is 2.38. The quantitative estimate of drug-likeness (QED) is 0.219. The molecule has 41 heavy (non-hydrogen) atoms. The van der Waals surface area contributed by atoms with E-state index < -0.39 is 25.0 Å². The second-order valence-corrected chi connectivity index (χ2v) is 13.4. The maximum atomic E-state index is 14.3. The number of hydrogen-bond acceptors (Lipinski definition) is 8. The Labute approximate surface area is 247 Å². The molecule has 1 saturated carbocycles. The Morgan fingerprint density at radius 1 is 1.10 bits per heavy atom. The molecule has 226 valence electrons. The van der Waals surface area contributed by atoms with Crippen molar-refractivity contribution in [2.45, 2.75) is 98.6 Å². The highest BCUT2D eigenvalue weighted by atomic mass is 32.1. The lowest BCUT2D eigenvalue weighted by atomic mass is 9.82. The van der Waals surface area contributed by atoms with Crippen LogP contribution < -0.4 is 4.90 Å². The van der Waals surface area contributed by atoms with Crippen LogP contribution in [-0.4, -0.2) is 61.4 Å². The lowest BCUT2D eigenvalue weighted by Crippen LogP contribution is -2.52. The smallest absolute Gasteiger partial charge is 0.431 e. The highest BCUT2D eigenvalue weighted by Gasteiger charge is 2.40. The molecule has 0 N–H and O–H groups in total. The first-order valence-corrected chi connectivity index (χ1v) is 15.3. The van der Waals surface area contributed by atoms with E-state index in [4.69, 9.17) is 14.2 Å². The fourth-order valence-corrected chi connectivity index (χ4v) is 5.90. The molecule has 2 aliphatic rings. The molecule has 0 spiro atoms. The van der Waals surface area contributed by atoms with E-state index >= 15 is 0 Å². The first-order chi connectivity index (χ1) is 19.3. The summed E-state index contributed by atoms with van der Waals surface area (Å²) in [6, 6.07) is 0.978. The Kier molecular flexibility index (Phi) is 11.3. The van der Waals surface area contributed by atoms with Gasteiger partial charge in [-0.2, -0.15) is 0 Å². The van der Waals surface area contributed by atoms with Crippen LogP contribution in [-0.2, 0) is 23.8 Å². The third-order valence-corrected chi connectivity index (χ3v) is 8.23. The fraction of sp³-hybridized carbons (Fsp3) is 0.677. The van der Waals surface area contributed by atoms with Gasteiger partial charge in [0, 0.05) is 24.9 Å². The van der Waals surface area contributed by atoms with E-state index in [9.17, 15) is 19.2 Å². The predicted octanol–water partition coefficient (Wildman–Crippen LogP) is 5.99. The fourth-order valence-electron chi connectivity index (χ4n) is 5.00. The van der Waals surface area contributed by atoms with E-state index in [0.717, 1.165) is 49.9 Å². The van der Waals surface area contributed by atoms with Crippen LogP contribution in [0.25, 0.3) is 0 Å². The molecule has 0 bridgehead atoms. The first-order valence-electron chi connectivity index (χ1n) is 14.5. The van der Waals surface area contributed by atoms with Crippen LogP contribution in [0, 0.1) is 29.1 Å². The molecule has 10 heteroatoms. The third kappa shape index (κ3) is 9.22. The van der Waals surface area contributed by atoms with Gasteiger partial charge in [-0.1, -0.05) is 18.8 Å². The number of esters is 1. The molecule has 1 aromatic heterocycles. The van der Waals surface area contributed by atoms with Crippen molar-refractivity contribution in [2.75, 3.05) is 25.3 Å². The Hall–Kier alpha value is -3.06. The zero-order chi connectivity index (χ0) is 30.3. The molecule has 3 rings (SSSR count). The van der Waals surface area contributed by atoms with Crippen LogP contribution in [0.5, 0.6) is 0 Å². The molecule has 1 aliphatic carbocycles. The molecule has 2 amide bonds. The van der Waals surface area contributed by atoms with Crippen molar-refractivity contribution in [3.8, 4) is 11.8 Å². The summed E-state index contributed by atoms with van der Waals surface area (Å²) in [6.45, 7) is 11.5. The molecule has 2 fully saturated rings. The van der Waals surface area contributed by atoms with Gasteiger partial charge >= 0.3 is 12.1 Å². The standard InChI is InChI=1S/C31H44N2O7S/c1-20(2)40-30(37)39-19-38-29(36)26-25(18-23(41-26)15-16-31(4,5)6)33(24-10-8-9-17-32(7)28(24)35)27(34)22-13-11-21(3)12-14-22/h18,20-22,24H,8-14,17,19H2,1-7H3/t21-,22-,24-/m0/s1. The Balaban J connectivity index is 2.04. The maximum absolute atomic E-state index is 14.3. The third-order valence-electron chi connectivity index (χ3n) is 7.21. The molecule has 2 heterocycles. The number of anilines is 1. The van der Waals surface area contributed by atoms with Crippen molar-refractivity contribution >= 4 is 41.0 Å². The number of nitrogens with zero attached hydrogens (tertiary/aromatic N) is 2. The van der Waals surface area contributed by atoms with Gasteiger partial charge in [-0.05, 0) is 91.5 Å². The second kappa shape index (κ2) is 14.2. The van der Waals surface area contributed by atoms with E-state index in [2.05, 4.69) is 18.8 Å². The molecule has 9 nitrogen and oxygen atoms in total. The number of thiophene rings is 1. The zero-order valence-corrected chi connectivity index (χ0v) is 26.2. The van der Waals surface area contributed by atoms with Crippen LogP contribution in [0.1, 0.15) is 101 Å². The SMILES string of the molecule is CC(C)OC(=O)OCOC(=O)c1sc(C#CC(C)(C)C)cc1N(C(=O)[C@H]1CC[C@H](C)CC1)[C@H]1CCCCN(C)C1=O. The summed E-state index contributed by atoms with van der Waals surface area (Å²) in [5.41, 5.74) is 0.0317. The number of ether oxygens (including phenoxy) is 3. The topological polar surface area (TPSA) is 102 Å². The molecular formula is C31H44N2O7S. The Morgan fingerprint density at radius 2 is 1.78 bits per heavy atom. The van der Waals surface area contributed by atoms with Gasteiger partial charge in [0.1, 0.15) is 10.9 Å². The molecule has 0 unspecified atom stereocenters. The van der Waals surface area contributed by atoms with Crippen LogP contribution >= 0.6 is 11.3 Å². The Morgan fingerprint density at radius 3 is 2.41 bits per heavy atom. The minimum absolute atomic E-state index is 0.140. The van der Waals surface area contributed by atoms with Crippen LogP contribution in [0.4, 0.5) is 10.5 Å². The van der Waals surface area contributed by atoms with Crippen molar-refractivity contribution in [1.82, 2.24) is 4.90 Å². The number of likely N-dealkylation sites (tertiary alicyclic amines) is 1. The maximum Gasteiger partial charge on any atom is 0.511 e. The monoisotopic (exact) mass is 588 g/mol. The lowest BCUT2D eigenvalue weighted by Gasteiger charge is -2.36. The first kappa shape index (κ1) is 32.5. The van der Waals surface area contributed by atoms with Crippen LogP contribution in [0.2, 0.25) is 0 Å². The Bertz CT molecular complexity index is 1170. The number of carbonyl (C=O) groups excluding carboxylic acids is 4. The van der Waals surface area contributed by atoms with E-state index in [1.807, 2.05) is 20.8 Å². The van der Waals surface area contributed by atoms with Gasteiger partial charge in [-0.15, -0.1) is 11.3 Å². The van der Waals surface area contributed by atoms with Crippen molar-refractivity contribution in [3.05, 3.63) is 15.8 Å². The summed E-state index contributed by atoms with van der Waals surface area (Å²) >= 11 is 1.10. The zero-order valence-electron chi connectivity index (χ0n) is 25.4. The number of carbonyl (C=O) groups is 4. The van der Waals surface area contributed by atoms with Gasteiger partial charge in [0.05, 0.1) is 16.7 Å². The van der Waals surface area contributed by atoms with Crippen molar-refractivity contribution in [3.63, 3.8) is 0 Å². The van der Waals surface area contributed by atoms with Crippen molar-refractivity contribution < 1.29 is 33.4 Å². The number of rotatable bonds is 7. The lowest BCUT2D eigenvalue weighted by molar-refractivity contribution is -0.134. The summed E-state index contributed by atoms with van der Waals surface area (Å²) in [5.74, 6) is 5.56. The van der Waals surface area contributed by atoms with E-state index in [1.54, 1.807) is 36.8 Å². The number of hydrogen-bond donors (Lipinski definition) is 0. The average molecular weight is 589 g/mol. The van der Waals surface area contributed by atoms with Gasteiger partial charge in [0.25, 0.3) is 0 Å². The minimum atomic E-state index is -0.952. The molecule has 1 atom stereocenters. The largest absolute Gasteiger partial charge is 0.511 e. The second-order valence-electron chi connectivity index (χ2n) is 12.4. The average Bonchev–Trinajstić information content (AvgIpc) is 3.24. The highest BCUT2D eigenvalue weighted by molar-refractivity contribution is 7.15. The van der Waals surface area contributed by atoms with Gasteiger partial charge in [0.2, 0.25) is 18.6 Å². The van der Waals surface area contributed by atoms with Gasteiger partial charge < -0.3 is 19.1 Å². The normalized spacial score (nSPS) is 21.4. The predicted molar refractivity (Wildman–Crippen MR) is 158 cm³/mol. The van der Waals surface area contributed by atoms with Crippen molar-refractivity contribution in [1.29, 1.82) is 0 Å². The van der Waals surface area contributed by atoms with E-state index in [0.29, 0.717) is 29.4 Å². The molecule has 0 aromatic carbocycles. The van der Waals surface area contributed by atoms with Gasteiger partial charge in [0.15, 0.2) is 0 Å². The molecule has 1 aromatic rings. The summed E-state index contributed by atoms with van der Waals surface area (Å²) < 4.78 is 15.1.